The average Bonchev–Trinajstić information content (AvgIpc) is 3.37. The summed E-state index contributed by atoms with van der Waals surface area (Å²) in [7, 11) is -2.81. The van der Waals surface area contributed by atoms with Gasteiger partial charge in [-0.3, -0.25) is 4.79 Å². The molecule has 0 amide bonds. The van der Waals surface area contributed by atoms with Crippen molar-refractivity contribution in [2.45, 2.75) is 39.3 Å². The lowest BCUT2D eigenvalue weighted by atomic mass is 10.0. The highest BCUT2D eigenvalue weighted by molar-refractivity contribution is 6.60. The predicted octanol–water partition coefficient (Wildman–Crippen LogP) is 3.01. The van der Waals surface area contributed by atoms with Crippen molar-refractivity contribution in [3.63, 3.8) is 0 Å². The summed E-state index contributed by atoms with van der Waals surface area (Å²) in [5.74, 6) is -1.22. The van der Waals surface area contributed by atoms with Gasteiger partial charge in [0, 0.05) is 38.1 Å². The number of anilines is 1. The molecule has 140 valence electrons. The van der Waals surface area contributed by atoms with Crippen molar-refractivity contribution in [3.8, 4) is 0 Å². The van der Waals surface area contributed by atoms with Crippen LogP contribution in [0.15, 0.2) is 30.3 Å². The second-order valence-electron chi connectivity index (χ2n) is 6.02. The fraction of sp³-hybridized carbons (Fsp3) is 0.611. The Morgan fingerprint density at radius 3 is 2.20 bits per heavy atom. The van der Waals surface area contributed by atoms with Crippen molar-refractivity contribution in [1.82, 2.24) is 0 Å². The number of rotatable bonds is 12. The fourth-order valence-corrected chi connectivity index (χ4v) is 5.90. The van der Waals surface area contributed by atoms with Gasteiger partial charge in [0.25, 0.3) is 0 Å². The molecule has 1 aliphatic rings. The van der Waals surface area contributed by atoms with Crippen LogP contribution >= 0.6 is 0 Å². The minimum Gasteiger partial charge on any atom is -0.481 e. The molecule has 0 saturated carbocycles. The summed E-state index contributed by atoms with van der Waals surface area (Å²) in [5.41, 5.74) is 1.07. The van der Waals surface area contributed by atoms with Crippen LogP contribution in [0.4, 0.5) is 5.69 Å². The van der Waals surface area contributed by atoms with Gasteiger partial charge in [-0.2, -0.15) is 0 Å². The quantitative estimate of drug-likeness (QED) is 0.452. The molecular formula is C18H29NO5Si. The first kappa shape index (κ1) is 19.9. The number of carbonyl (C=O) groups is 1. The molecule has 1 aromatic rings. The zero-order chi connectivity index (χ0) is 18.3. The molecule has 1 fully saturated rings. The summed E-state index contributed by atoms with van der Waals surface area (Å²) in [6.45, 7) is 8.01. The van der Waals surface area contributed by atoms with E-state index in [2.05, 4.69) is 4.90 Å². The number of hydrogen-bond donors (Lipinski definition) is 1. The molecular weight excluding hydrogens is 338 g/mol. The second-order valence-corrected chi connectivity index (χ2v) is 8.75. The van der Waals surface area contributed by atoms with E-state index in [1.807, 2.05) is 51.1 Å². The summed E-state index contributed by atoms with van der Waals surface area (Å²) < 4.78 is 17.5. The van der Waals surface area contributed by atoms with Crippen LogP contribution in [0.1, 0.15) is 27.2 Å². The lowest BCUT2D eigenvalue weighted by molar-refractivity contribution is -0.141. The van der Waals surface area contributed by atoms with E-state index in [1.54, 1.807) is 0 Å². The number of aliphatic carboxylic acids is 1. The summed E-state index contributed by atoms with van der Waals surface area (Å²) >= 11 is 0. The lowest BCUT2D eigenvalue weighted by Gasteiger charge is -2.29. The first-order valence-electron chi connectivity index (χ1n) is 9.03. The van der Waals surface area contributed by atoms with Crippen molar-refractivity contribution in [2.24, 2.45) is 5.92 Å². The van der Waals surface area contributed by atoms with Crippen LogP contribution in [-0.4, -0.2) is 52.3 Å². The maximum absolute atomic E-state index is 11.8. The Kier molecular flexibility index (Phi) is 7.43. The summed E-state index contributed by atoms with van der Waals surface area (Å²) in [6, 6.07) is 10.5. The molecule has 25 heavy (non-hydrogen) atoms. The van der Waals surface area contributed by atoms with Crippen LogP contribution in [-0.2, 0) is 18.1 Å². The smallest absolute Gasteiger partial charge is 0.481 e. The molecule has 0 bridgehead atoms. The van der Waals surface area contributed by atoms with E-state index in [1.165, 1.54) is 0 Å². The molecule has 1 aromatic carbocycles. The Balaban J connectivity index is 2.02. The highest BCUT2D eigenvalue weighted by Crippen LogP contribution is 2.36. The van der Waals surface area contributed by atoms with Gasteiger partial charge in [0.1, 0.15) is 0 Å². The standard InChI is InChI=1S/C18H29NO5Si/c1-4-22-25(23-5-2,24-6-3)13-12-16(18(20)21)17-14-19(17)15-10-8-7-9-11-15/h7-11,16-17H,4-6,12-14H2,1-3H3,(H,20,21). The Hall–Kier alpha value is -1.41. The molecule has 2 rings (SSSR count). The largest absolute Gasteiger partial charge is 0.500 e. The minimum absolute atomic E-state index is 0.0245. The van der Waals surface area contributed by atoms with Gasteiger partial charge in [-0.05, 0) is 39.3 Å². The van der Waals surface area contributed by atoms with Gasteiger partial charge >= 0.3 is 14.8 Å². The van der Waals surface area contributed by atoms with Gasteiger partial charge in [0.2, 0.25) is 0 Å². The van der Waals surface area contributed by atoms with Crippen molar-refractivity contribution < 1.29 is 23.2 Å². The Bertz CT molecular complexity index is 525. The molecule has 2 atom stereocenters. The van der Waals surface area contributed by atoms with E-state index in [4.69, 9.17) is 13.3 Å². The average molecular weight is 368 g/mol. The monoisotopic (exact) mass is 367 g/mol. The zero-order valence-electron chi connectivity index (χ0n) is 15.3. The first-order chi connectivity index (χ1) is 12.1. The highest BCUT2D eigenvalue weighted by Gasteiger charge is 2.47. The van der Waals surface area contributed by atoms with E-state index in [0.29, 0.717) is 32.3 Å². The SMILES string of the molecule is CCO[Si](CCC(C(=O)O)C1CN1c1ccccc1)(OCC)OCC. The maximum Gasteiger partial charge on any atom is 0.500 e. The van der Waals surface area contributed by atoms with Crippen molar-refractivity contribution in [1.29, 1.82) is 0 Å². The minimum atomic E-state index is -2.81. The molecule has 2 unspecified atom stereocenters. The Labute approximate surface area is 151 Å². The number of para-hydroxylation sites is 1. The number of benzene rings is 1. The molecule has 1 heterocycles. The summed E-state index contributed by atoms with van der Waals surface area (Å²) in [4.78, 5) is 13.9. The third kappa shape index (κ3) is 5.28. The molecule has 6 nitrogen and oxygen atoms in total. The molecule has 7 heteroatoms. The van der Waals surface area contributed by atoms with Gasteiger partial charge in [0.15, 0.2) is 0 Å². The van der Waals surface area contributed by atoms with Crippen molar-refractivity contribution in [3.05, 3.63) is 30.3 Å². The van der Waals surface area contributed by atoms with Crippen LogP contribution < -0.4 is 4.90 Å². The topological polar surface area (TPSA) is 68.0 Å². The second kappa shape index (κ2) is 9.33. The Morgan fingerprint density at radius 2 is 1.72 bits per heavy atom. The molecule has 0 radical (unpaired) electrons. The molecule has 0 aromatic heterocycles. The lowest BCUT2D eigenvalue weighted by Crippen LogP contribution is -2.46. The van der Waals surface area contributed by atoms with Crippen LogP contribution in [0.5, 0.6) is 0 Å². The number of carboxylic acid groups (broad SMARTS) is 1. The zero-order valence-corrected chi connectivity index (χ0v) is 16.3. The summed E-state index contributed by atoms with van der Waals surface area (Å²) in [5, 5.41) is 9.70. The third-order valence-corrected chi connectivity index (χ3v) is 7.46. The van der Waals surface area contributed by atoms with E-state index in [-0.39, 0.29) is 6.04 Å². The van der Waals surface area contributed by atoms with E-state index in [9.17, 15) is 9.90 Å². The molecule has 1 saturated heterocycles. The van der Waals surface area contributed by atoms with Crippen molar-refractivity contribution in [2.75, 3.05) is 31.3 Å². The molecule has 1 N–H and O–H groups in total. The van der Waals surface area contributed by atoms with Gasteiger partial charge in [-0.15, -0.1) is 0 Å². The van der Waals surface area contributed by atoms with Gasteiger partial charge in [0.05, 0.1) is 12.0 Å². The van der Waals surface area contributed by atoms with E-state index >= 15 is 0 Å². The van der Waals surface area contributed by atoms with Crippen LogP contribution in [0.3, 0.4) is 0 Å². The van der Waals surface area contributed by atoms with Gasteiger partial charge in [-0.1, -0.05) is 18.2 Å². The van der Waals surface area contributed by atoms with Crippen LogP contribution in [0.25, 0.3) is 0 Å². The van der Waals surface area contributed by atoms with Crippen LogP contribution in [0.2, 0.25) is 6.04 Å². The first-order valence-corrected chi connectivity index (χ1v) is 11.0. The normalized spacial score (nSPS) is 18.2. The van der Waals surface area contributed by atoms with Crippen molar-refractivity contribution >= 4 is 20.5 Å². The maximum atomic E-state index is 11.8. The third-order valence-electron chi connectivity index (χ3n) is 4.37. The number of carboxylic acids is 1. The fourth-order valence-electron chi connectivity index (χ4n) is 3.23. The van der Waals surface area contributed by atoms with Gasteiger partial charge in [-0.25, -0.2) is 0 Å². The Morgan fingerprint density at radius 1 is 1.16 bits per heavy atom. The summed E-state index contributed by atoms with van der Waals surface area (Å²) in [6.07, 6.45) is 0.496. The van der Waals surface area contributed by atoms with Gasteiger partial charge < -0.3 is 23.3 Å². The molecule has 0 spiro atoms. The van der Waals surface area contributed by atoms with E-state index < -0.39 is 20.7 Å². The van der Waals surface area contributed by atoms with Crippen LogP contribution in [0, 0.1) is 5.92 Å². The molecule has 0 aliphatic carbocycles. The molecule has 1 aliphatic heterocycles. The predicted molar refractivity (Wildman–Crippen MR) is 98.8 cm³/mol. The van der Waals surface area contributed by atoms with E-state index in [0.717, 1.165) is 12.2 Å². The number of hydrogen-bond acceptors (Lipinski definition) is 5. The highest BCUT2D eigenvalue weighted by atomic mass is 28.4. The number of nitrogens with zero attached hydrogens (tertiary/aromatic N) is 1.